The molecule has 0 saturated heterocycles. The van der Waals surface area contributed by atoms with Crippen molar-refractivity contribution in [2.24, 2.45) is 0 Å². The molecule has 1 rings (SSSR count). The van der Waals surface area contributed by atoms with Crippen molar-refractivity contribution in [3.8, 4) is 0 Å². The first-order chi connectivity index (χ1) is 12.3. The van der Waals surface area contributed by atoms with Gasteiger partial charge in [-0.2, -0.15) is 0 Å². The Morgan fingerprint density at radius 3 is 2.38 bits per heavy atom. The third kappa shape index (κ3) is 10.0. The van der Waals surface area contributed by atoms with E-state index in [2.05, 4.69) is 10.6 Å². The van der Waals surface area contributed by atoms with Gasteiger partial charge in [-0.1, -0.05) is 43.2 Å². The fourth-order valence-electron chi connectivity index (χ4n) is 2.37. The average Bonchev–Trinajstić information content (AvgIpc) is 2.58. The van der Waals surface area contributed by atoms with Crippen molar-refractivity contribution in [3.05, 3.63) is 35.9 Å². The van der Waals surface area contributed by atoms with Crippen LogP contribution in [0.3, 0.4) is 0 Å². The number of esters is 1. The van der Waals surface area contributed by atoms with Crippen molar-refractivity contribution in [1.29, 1.82) is 0 Å². The lowest BCUT2D eigenvalue weighted by Crippen LogP contribution is -2.39. The Morgan fingerprint density at radius 1 is 1.08 bits per heavy atom. The molecule has 1 aromatic carbocycles. The van der Waals surface area contributed by atoms with Gasteiger partial charge in [0.15, 0.2) is 0 Å². The maximum absolute atomic E-state index is 12.0. The van der Waals surface area contributed by atoms with Crippen molar-refractivity contribution in [2.75, 3.05) is 13.6 Å². The topological polar surface area (TPSA) is 76.7 Å². The average molecular weight is 364 g/mol. The van der Waals surface area contributed by atoms with Crippen LogP contribution >= 0.6 is 0 Å². The van der Waals surface area contributed by atoms with Gasteiger partial charge in [-0.15, -0.1) is 0 Å². The highest BCUT2D eigenvalue weighted by Gasteiger charge is 2.23. The first-order valence-corrected chi connectivity index (χ1v) is 9.16. The number of alkyl carbamates (subject to hydrolysis) is 1. The lowest BCUT2D eigenvalue weighted by molar-refractivity contribution is -0.157. The van der Waals surface area contributed by atoms with Crippen LogP contribution < -0.4 is 10.6 Å². The highest BCUT2D eigenvalue weighted by atomic mass is 16.6. The first-order valence-electron chi connectivity index (χ1n) is 9.16. The van der Waals surface area contributed by atoms with E-state index in [1.165, 1.54) is 0 Å². The number of amides is 1. The summed E-state index contributed by atoms with van der Waals surface area (Å²) in [7, 11) is 1.76. The van der Waals surface area contributed by atoms with Crippen LogP contribution in [0.1, 0.15) is 52.0 Å². The van der Waals surface area contributed by atoms with Crippen LogP contribution in [-0.2, 0) is 20.9 Å². The lowest BCUT2D eigenvalue weighted by Gasteiger charge is -2.23. The van der Waals surface area contributed by atoms with E-state index in [-0.39, 0.29) is 18.6 Å². The number of likely N-dealkylation sites (N-methyl/N-ethyl adjacent to an activating group) is 1. The van der Waals surface area contributed by atoms with E-state index in [0.29, 0.717) is 13.0 Å². The summed E-state index contributed by atoms with van der Waals surface area (Å²) in [6, 6.07) is 9.27. The van der Waals surface area contributed by atoms with Gasteiger partial charge in [0.25, 0.3) is 0 Å². The van der Waals surface area contributed by atoms with E-state index in [9.17, 15) is 9.59 Å². The molecule has 1 amide bonds. The predicted octanol–water partition coefficient (Wildman–Crippen LogP) is 3.40. The second-order valence-corrected chi connectivity index (χ2v) is 7.21. The van der Waals surface area contributed by atoms with E-state index in [4.69, 9.17) is 9.47 Å². The van der Waals surface area contributed by atoms with Gasteiger partial charge in [0, 0.05) is 6.54 Å². The molecule has 0 bridgehead atoms. The second-order valence-electron chi connectivity index (χ2n) is 7.21. The molecule has 0 radical (unpaired) electrons. The molecule has 1 unspecified atom stereocenters. The van der Waals surface area contributed by atoms with Crippen molar-refractivity contribution in [1.82, 2.24) is 10.6 Å². The minimum atomic E-state index is -0.476. The number of ether oxygens (including phenoxy) is 2. The second kappa shape index (κ2) is 11.5. The summed E-state index contributed by atoms with van der Waals surface area (Å²) in [6.45, 7) is 6.41. The fourth-order valence-corrected chi connectivity index (χ4v) is 2.37. The molecule has 0 heterocycles. The summed E-state index contributed by atoms with van der Waals surface area (Å²) >= 11 is 0. The van der Waals surface area contributed by atoms with Gasteiger partial charge >= 0.3 is 12.1 Å². The molecule has 0 aliphatic heterocycles. The SMILES string of the molecule is CNC(CCCCCNC(=O)OCc1ccccc1)C(=O)OC(C)(C)C. The molecule has 1 atom stereocenters. The van der Waals surface area contributed by atoms with Gasteiger partial charge < -0.3 is 20.1 Å². The van der Waals surface area contributed by atoms with Crippen molar-refractivity contribution < 1.29 is 19.1 Å². The zero-order chi connectivity index (χ0) is 19.4. The Balaban J connectivity index is 2.10. The van der Waals surface area contributed by atoms with Crippen molar-refractivity contribution in [2.45, 2.75) is 64.7 Å². The molecule has 6 nitrogen and oxygen atoms in total. The quantitative estimate of drug-likeness (QED) is 0.491. The molecule has 0 aliphatic rings. The molecule has 0 saturated carbocycles. The standard InChI is InChI=1S/C20H32N2O4/c1-20(2,3)26-18(23)17(21-4)13-9-6-10-14-22-19(24)25-15-16-11-7-5-8-12-16/h5,7-8,11-12,17,21H,6,9-10,13-15H2,1-4H3,(H,22,24). The molecule has 0 fully saturated rings. The number of hydrogen-bond acceptors (Lipinski definition) is 5. The maximum atomic E-state index is 12.0. The highest BCUT2D eigenvalue weighted by molar-refractivity contribution is 5.76. The molecule has 146 valence electrons. The third-order valence-electron chi connectivity index (χ3n) is 3.69. The van der Waals surface area contributed by atoms with Crippen LogP contribution in [0.15, 0.2) is 30.3 Å². The predicted molar refractivity (Wildman–Crippen MR) is 102 cm³/mol. The molecular formula is C20H32N2O4. The Bertz CT molecular complexity index is 540. The van der Waals surface area contributed by atoms with Crippen LogP contribution in [-0.4, -0.2) is 37.3 Å². The Morgan fingerprint density at radius 2 is 1.77 bits per heavy atom. The van der Waals surface area contributed by atoms with E-state index in [1.54, 1.807) is 7.05 Å². The number of nitrogens with one attached hydrogen (secondary N) is 2. The maximum Gasteiger partial charge on any atom is 0.407 e. The van der Waals surface area contributed by atoms with E-state index in [0.717, 1.165) is 24.8 Å². The monoisotopic (exact) mass is 364 g/mol. The summed E-state index contributed by atoms with van der Waals surface area (Å²) in [5.74, 6) is -0.220. The summed E-state index contributed by atoms with van der Waals surface area (Å²) < 4.78 is 10.5. The van der Waals surface area contributed by atoms with Crippen LogP contribution in [0.4, 0.5) is 4.79 Å². The van der Waals surface area contributed by atoms with E-state index >= 15 is 0 Å². The minimum absolute atomic E-state index is 0.220. The third-order valence-corrected chi connectivity index (χ3v) is 3.69. The van der Waals surface area contributed by atoms with Gasteiger partial charge in [-0.3, -0.25) is 4.79 Å². The van der Waals surface area contributed by atoms with Crippen molar-refractivity contribution in [3.63, 3.8) is 0 Å². The molecule has 0 spiro atoms. The van der Waals surface area contributed by atoms with E-state index < -0.39 is 11.7 Å². The van der Waals surface area contributed by atoms with Crippen molar-refractivity contribution >= 4 is 12.1 Å². The minimum Gasteiger partial charge on any atom is -0.459 e. The number of rotatable bonds is 10. The van der Waals surface area contributed by atoms with Gasteiger partial charge in [-0.25, -0.2) is 4.79 Å². The number of benzene rings is 1. The molecule has 1 aromatic rings. The van der Waals surface area contributed by atoms with Crippen LogP contribution in [0.5, 0.6) is 0 Å². The zero-order valence-electron chi connectivity index (χ0n) is 16.3. The van der Waals surface area contributed by atoms with Gasteiger partial charge in [-0.05, 0) is 46.2 Å². The Labute approximate surface area is 156 Å². The molecular weight excluding hydrogens is 332 g/mol. The lowest BCUT2D eigenvalue weighted by atomic mass is 10.1. The number of unbranched alkanes of at least 4 members (excludes halogenated alkanes) is 2. The van der Waals surface area contributed by atoms with Crippen LogP contribution in [0.25, 0.3) is 0 Å². The van der Waals surface area contributed by atoms with Gasteiger partial charge in [0.1, 0.15) is 18.2 Å². The molecule has 26 heavy (non-hydrogen) atoms. The van der Waals surface area contributed by atoms with Gasteiger partial charge in [0.2, 0.25) is 0 Å². The van der Waals surface area contributed by atoms with E-state index in [1.807, 2.05) is 51.1 Å². The summed E-state index contributed by atoms with van der Waals surface area (Å²) in [4.78, 5) is 23.7. The summed E-state index contributed by atoms with van der Waals surface area (Å²) in [6.07, 6.45) is 2.94. The molecule has 0 aromatic heterocycles. The van der Waals surface area contributed by atoms with Crippen LogP contribution in [0, 0.1) is 0 Å². The number of carbonyl (C=O) groups excluding carboxylic acids is 2. The summed E-state index contributed by atoms with van der Waals surface area (Å²) in [5, 5.41) is 5.74. The van der Waals surface area contributed by atoms with Gasteiger partial charge in [0.05, 0.1) is 0 Å². The molecule has 6 heteroatoms. The molecule has 0 aliphatic carbocycles. The van der Waals surface area contributed by atoms with Crippen LogP contribution in [0.2, 0.25) is 0 Å². The summed E-state index contributed by atoms with van der Waals surface area (Å²) in [5.41, 5.74) is 0.485. The highest BCUT2D eigenvalue weighted by Crippen LogP contribution is 2.11. The molecule has 2 N–H and O–H groups in total. The largest absolute Gasteiger partial charge is 0.459 e. The normalized spacial score (nSPS) is 12.3. The Hall–Kier alpha value is -2.08. The smallest absolute Gasteiger partial charge is 0.407 e. The number of carbonyl (C=O) groups is 2. The zero-order valence-corrected chi connectivity index (χ0v) is 16.3. The Kier molecular flexibility index (Phi) is 9.73. The fraction of sp³-hybridized carbons (Fsp3) is 0.600. The number of hydrogen-bond donors (Lipinski definition) is 2. The first kappa shape index (κ1) is 22.0.